The number of amides is 1. The minimum Gasteiger partial charge on any atom is -0.496 e. The predicted octanol–water partition coefficient (Wildman–Crippen LogP) is 4.52. The van der Waals surface area contributed by atoms with Gasteiger partial charge in [-0.25, -0.2) is 0 Å². The lowest BCUT2D eigenvalue weighted by atomic mass is 9.68. The van der Waals surface area contributed by atoms with E-state index in [9.17, 15) is 10.1 Å². The van der Waals surface area contributed by atoms with Gasteiger partial charge in [0.1, 0.15) is 5.75 Å². The molecular weight excluding hydrogens is 462 g/mol. The van der Waals surface area contributed by atoms with Crippen LogP contribution in [-0.4, -0.2) is 31.6 Å². The number of aliphatic imine (C=N–C) groups is 1. The average Bonchev–Trinajstić information content (AvgIpc) is 2.96. The molecule has 1 fully saturated rings. The molecule has 1 aliphatic carbocycles. The number of ether oxygens (including phenoxy) is 1. The number of nitrogens with zero attached hydrogens (tertiary/aromatic N) is 2. The zero-order valence-corrected chi connectivity index (χ0v) is 21.1. The van der Waals surface area contributed by atoms with Crippen molar-refractivity contribution in [3.8, 4) is 11.9 Å². The zero-order chi connectivity index (χ0) is 25.9. The van der Waals surface area contributed by atoms with Crippen molar-refractivity contribution >= 4 is 11.9 Å². The molecule has 1 saturated carbocycles. The SMILES string of the molecule is COc1ccccc1C(=O)NC[C@]1(c2ccccc2)CC[C@@H](N/C(=N\C#N)NCc2ccccc2)CC1. The maximum Gasteiger partial charge on any atom is 0.255 e. The summed E-state index contributed by atoms with van der Waals surface area (Å²) in [6, 6.07) is 27.9. The molecule has 1 aliphatic rings. The van der Waals surface area contributed by atoms with Gasteiger partial charge in [-0.2, -0.15) is 5.26 Å². The van der Waals surface area contributed by atoms with Gasteiger partial charge >= 0.3 is 0 Å². The molecule has 3 aromatic carbocycles. The molecule has 0 bridgehead atoms. The molecule has 0 atom stereocenters. The highest BCUT2D eigenvalue weighted by atomic mass is 16.5. The second-order valence-electron chi connectivity index (χ2n) is 9.35. The van der Waals surface area contributed by atoms with E-state index in [0.717, 1.165) is 31.2 Å². The number of carbonyl (C=O) groups excluding carboxylic acids is 1. The molecule has 0 heterocycles. The van der Waals surface area contributed by atoms with Crippen LogP contribution in [0.5, 0.6) is 5.75 Å². The van der Waals surface area contributed by atoms with Crippen LogP contribution >= 0.6 is 0 Å². The lowest BCUT2D eigenvalue weighted by molar-refractivity contribution is 0.0932. The molecule has 3 N–H and O–H groups in total. The van der Waals surface area contributed by atoms with E-state index in [1.165, 1.54) is 5.56 Å². The summed E-state index contributed by atoms with van der Waals surface area (Å²) in [6.45, 7) is 1.12. The molecule has 0 radical (unpaired) electrons. The van der Waals surface area contributed by atoms with Crippen LogP contribution in [0.3, 0.4) is 0 Å². The third kappa shape index (κ3) is 6.68. The van der Waals surface area contributed by atoms with Crippen LogP contribution in [0.25, 0.3) is 0 Å². The number of rotatable bonds is 8. The summed E-state index contributed by atoms with van der Waals surface area (Å²) in [4.78, 5) is 17.0. The molecule has 0 spiro atoms. The van der Waals surface area contributed by atoms with Gasteiger partial charge in [0.2, 0.25) is 12.2 Å². The fraction of sp³-hybridized carbons (Fsp3) is 0.300. The Balaban J connectivity index is 1.42. The number of carbonyl (C=O) groups is 1. The number of para-hydroxylation sites is 1. The van der Waals surface area contributed by atoms with Crippen LogP contribution in [0.15, 0.2) is 89.9 Å². The summed E-state index contributed by atoms with van der Waals surface area (Å²) < 4.78 is 5.38. The molecule has 3 aromatic rings. The highest BCUT2D eigenvalue weighted by Gasteiger charge is 2.37. The highest BCUT2D eigenvalue weighted by molar-refractivity contribution is 5.97. The zero-order valence-electron chi connectivity index (χ0n) is 21.1. The minimum absolute atomic E-state index is 0.137. The Bertz CT molecular complexity index is 1230. The van der Waals surface area contributed by atoms with Gasteiger partial charge in [-0.3, -0.25) is 4.79 Å². The number of guanidine groups is 1. The first-order valence-corrected chi connectivity index (χ1v) is 12.6. The monoisotopic (exact) mass is 495 g/mol. The fourth-order valence-electron chi connectivity index (χ4n) is 5.00. The minimum atomic E-state index is -0.179. The van der Waals surface area contributed by atoms with Crippen LogP contribution in [0.4, 0.5) is 0 Å². The van der Waals surface area contributed by atoms with Crippen molar-refractivity contribution in [2.45, 2.75) is 43.7 Å². The van der Waals surface area contributed by atoms with E-state index in [0.29, 0.717) is 30.4 Å². The number of nitriles is 1. The van der Waals surface area contributed by atoms with E-state index in [2.05, 4.69) is 45.2 Å². The van der Waals surface area contributed by atoms with Crippen LogP contribution < -0.4 is 20.7 Å². The first kappa shape index (κ1) is 25.8. The Morgan fingerprint density at radius 3 is 2.30 bits per heavy atom. The third-order valence-corrected chi connectivity index (χ3v) is 7.07. The Hall–Kier alpha value is -4.31. The van der Waals surface area contributed by atoms with Gasteiger partial charge in [-0.05, 0) is 48.9 Å². The smallest absolute Gasteiger partial charge is 0.255 e. The highest BCUT2D eigenvalue weighted by Crippen LogP contribution is 2.39. The van der Waals surface area contributed by atoms with Gasteiger partial charge in [0.25, 0.3) is 5.91 Å². The largest absolute Gasteiger partial charge is 0.496 e. The van der Waals surface area contributed by atoms with Gasteiger partial charge in [-0.15, -0.1) is 4.99 Å². The van der Waals surface area contributed by atoms with Gasteiger partial charge < -0.3 is 20.7 Å². The first-order chi connectivity index (χ1) is 18.1. The summed E-state index contributed by atoms with van der Waals surface area (Å²) in [6.07, 6.45) is 5.45. The lowest BCUT2D eigenvalue weighted by Crippen LogP contribution is -2.49. The molecule has 0 saturated heterocycles. The lowest BCUT2D eigenvalue weighted by Gasteiger charge is -2.41. The molecule has 190 valence electrons. The van der Waals surface area contributed by atoms with Gasteiger partial charge in [0, 0.05) is 24.5 Å². The number of methoxy groups -OCH3 is 1. The topological polar surface area (TPSA) is 98.5 Å². The molecule has 7 nitrogen and oxygen atoms in total. The van der Waals surface area contributed by atoms with Gasteiger partial charge in [0.05, 0.1) is 12.7 Å². The second kappa shape index (κ2) is 12.6. The van der Waals surface area contributed by atoms with E-state index in [1.807, 2.05) is 54.7 Å². The summed E-state index contributed by atoms with van der Waals surface area (Å²) in [5, 5.41) is 19.0. The number of hydrogen-bond acceptors (Lipinski definition) is 4. The van der Waals surface area contributed by atoms with E-state index < -0.39 is 0 Å². The van der Waals surface area contributed by atoms with E-state index in [1.54, 1.807) is 19.2 Å². The predicted molar refractivity (Wildman–Crippen MR) is 145 cm³/mol. The van der Waals surface area contributed by atoms with E-state index in [-0.39, 0.29) is 17.4 Å². The van der Waals surface area contributed by atoms with Crippen molar-refractivity contribution in [1.82, 2.24) is 16.0 Å². The van der Waals surface area contributed by atoms with Crippen LogP contribution in [-0.2, 0) is 12.0 Å². The van der Waals surface area contributed by atoms with E-state index >= 15 is 0 Å². The van der Waals surface area contributed by atoms with Crippen molar-refractivity contribution in [1.29, 1.82) is 5.26 Å². The van der Waals surface area contributed by atoms with Gasteiger partial charge in [0.15, 0.2) is 0 Å². The van der Waals surface area contributed by atoms with Crippen LogP contribution in [0.2, 0.25) is 0 Å². The van der Waals surface area contributed by atoms with E-state index in [4.69, 9.17) is 4.74 Å². The first-order valence-electron chi connectivity index (χ1n) is 12.6. The van der Waals surface area contributed by atoms with Crippen molar-refractivity contribution in [3.63, 3.8) is 0 Å². The quantitative estimate of drug-likeness (QED) is 0.242. The van der Waals surface area contributed by atoms with Crippen LogP contribution in [0.1, 0.15) is 47.2 Å². The van der Waals surface area contributed by atoms with Crippen molar-refractivity contribution in [3.05, 3.63) is 102 Å². The molecule has 37 heavy (non-hydrogen) atoms. The maximum absolute atomic E-state index is 13.1. The molecular formula is C30H33N5O2. The van der Waals surface area contributed by atoms with Crippen molar-refractivity contribution < 1.29 is 9.53 Å². The molecule has 0 aliphatic heterocycles. The standard InChI is InChI=1S/C30H33N5O2/c1-37-27-15-9-8-14-26(27)28(36)33-21-30(24-12-6-3-7-13-24)18-16-25(17-19-30)35-29(34-22-31)32-20-23-10-4-2-5-11-23/h2-15,25H,16-21H2,1H3,(H,33,36)(H2,32,34,35)/t25-,30+. The summed E-state index contributed by atoms with van der Waals surface area (Å²) >= 11 is 0. The Morgan fingerprint density at radius 1 is 0.973 bits per heavy atom. The number of nitrogens with one attached hydrogen (secondary N) is 3. The summed E-state index contributed by atoms with van der Waals surface area (Å²) in [5.41, 5.74) is 2.70. The van der Waals surface area contributed by atoms with Crippen molar-refractivity contribution in [2.75, 3.05) is 13.7 Å². The van der Waals surface area contributed by atoms with Crippen molar-refractivity contribution in [2.24, 2.45) is 4.99 Å². The Kier molecular flexibility index (Phi) is 8.77. The normalized spacial score (nSPS) is 19.4. The molecule has 4 rings (SSSR count). The molecule has 7 heteroatoms. The number of benzene rings is 3. The molecule has 1 amide bonds. The number of hydrogen-bond donors (Lipinski definition) is 3. The average molecular weight is 496 g/mol. The second-order valence-corrected chi connectivity index (χ2v) is 9.35. The summed E-state index contributed by atoms with van der Waals surface area (Å²) in [5.74, 6) is 0.920. The fourth-order valence-corrected chi connectivity index (χ4v) is 5.00. The molecule has 0 aromatic heterocycles. The molecule has 0 unspecified atom stereocenters. The van der Waals surface area contributed by atoms with Crippen LogP contribution in [0, 0.1) is 11.5 Å². The maximum atomic E-state index is 13.1. The third-order valence-electron chi connectivity index (χ3n) is 7.07. The summed E-state index contributed by atoms with van der Waals surface area (Å²) in [7, 11) is 1.57. The Morgan fingerprint density at radius 2 is 1.62 bits per heavy atom. The Labute approximate surface area is 218 Å². The van der Waals surface area contributed by atoms with Gasteiger partial charge in [-0.1, -0.05) is 72.8 Å².